The van der Waals surface area contributed by atoms with Gasteiger partial charge in [0.15, 0.2) is 5.82 Å². The number of H-pyrrole nitrogens is 1. The second-order valence-electron chi connectivity index (χ2n) is 6.75. The number of nitrogens with zero attached hydrogens (tertiary/aromatic N) is 3. The topological polar surface area (TPSA) is 78.5 Å². The number of benzene rings is 2. The average Bonchev–Trinajstić information content (AvgIpc) is 3.37. The van der Waals surface area contributed by atoms with Gasteiger partial charge in [-0.25, -0.2) is 9.37 Å². The summed E-state index contributed by atoms with van der Waals surface area (Å²) in [5, 5.41) is 16.8. The van der Waals surface area contributed by atoms with Crippen LogP contribution in [0.3, 0.4) is 0 Å². The number of fused-ring (bicyclic) bond motifs is 2. The smallest absolute Gasteiger partial charge is 0.225 e. The molecule has 5 rings (SSSR count). The molecule has 0 aliphatic heterocycles. The van der Waals surface area contributed by atoms with Crippen molar-refractivity contribution < 1.29 is 4.39 Å². The number of nitrogens with one attached hydrogen (secondary N) is 3. The first-order chi connectivity index (χ1) is 14.2. The lowest BCUT2D eigenvalue weighted by molar-refractivity contribution is 0.626. The Morgan fingerprint density at radius 3 is 2.79 bits per heavy atom. The molecule has 6 nitrogen and oxygen atoms in total. The Balaban J connectivity index is 1.46. The fraction of sp³-hybridized carbons (Fsp3) is 0.0952. The third kappa shape index (κ3) is 3.50. The van der Waals surface area contributed by atoms with Crippen molar-refractivity contribution >= 4 is 49.9 Å². The van der Waals surface area contributed by atoms with Crippen LogP contribution < -0.4 is 10.6 Å². The zero-order chi connectivity index (χ0) is 19.8. The molecule has 0 saturated carbocycles. The Morgan fingerprint density at radius 1 is 1.07 bits per heavy atom. The number of halogens is 1. The third-order valence-corrected chi connectivity index (χ3v) is 5.63. The summed E-state index contributed by atoms with van der Waals surface area (Å²) in [4.78, 5) is 9.32. The van der Waals surface area contributed by atoms with Crippen LogP contribution in [0.1, 0.15) is 18.5 Å². The van der Waals surface area contributed by atoms with Crippen molar-refractivity contribution in [2.75, 3.05) is 10.6 Å². The van der Waals surface area contributed by atoms with Gasteiger partial charge in [0.05, 0.1) is 28.0 Å². The van der Waals surface area contributed by atoms with Crippen LogP contribution in [-0.4, -0.2) is 20.2 Å². The maximum Gasteiger partial charge on any atom is 0.225 e. The van der Waals surface area contributed by atoms with E-state index in [9.17, 15) is 4.39 Å². The van der Waals surface area contributed by atoms with Crippen LogP contribution in [0.25, 0.3) is 21.1 Å². The number of aromatic amines is 1. The Bertz CT molecular complexity index is 1290. The lowest BCUT2D eigenvalue weighted by atomic mass is 10.1. The Morgan fingerprint density at radius 2 is 1.93 bits per heavy atom. The highest BCUT2D eigenvalue weighted by atomic mass is 32.1. The van der Waals surface area contributed by atoms with Gasteiger partial charge in [-0.1, -0.05) is 12.1 Å². The molecule has 0 aliphatic rings. The second-order valence-corrected chi connectivity index (χ2v) is 7.66. The van der Waals surface area contributed by atoms with E-state index in [1.54, 1.807) is 29.7 Å². The number of thiophene rings is 1. The highest BCUT2D eigenvalue weighted by molar-refractivity contribution is 7.17. The van der Waals surface area contributed by atoms with E-state index in [0.717, 1.165) is 38.2 Å². The van der Waals surface area contributed by atoms with Gasteiger partial charge in [0.25, 0.3) is 0 Å². The third-order valence-electron chi connectivity index (χ3n) is 4.72. The van der Waals surface area contributed by atoms with Gasteiger partial charge in [-0.3, -0.25) is 5.10 Å². The lowest BCUT2D eigenvalue weighted by Crippen LogP contribution is -2.10. The van der Waals surface area contributed by atoms with Crippen molar-refractivity contribution in [3.63, 3.8) is 0 Å². The molecule has 0 bridgehead atoms. The van der Waals surface area contributed by atoms with Crippen molar-refractivity contribution in [1.29, 1.82) is 0 Å². The molecule has 2 aromatic carbocycles. The fourth-order valence-corrected chi connectivity index (χ4v) is 3.97. The average molecular weight is 404 g/mol. The van der Waals surface area contributed by atoms with Gasteiger partial charge in [0.2, 0.25) is 5.95 Å². The maximum atomic E-state index is 13.2. The highest BCUT2D eigenvalue weighted by Gasteiger charge is 2.13. The minimum atomic E-state index is -0.252. The Hall–Kier alpha value is -3.52. The van der Waals surface area contributed by atoms with E-state index in [1.807, 2.05) is 36.6 Å². The first kappa shape index (κ1) is 17.6. The summed E-state index contributed by atoms with van der Waals surface area (Å²) in [6, 6.07) is 14.3. The molecule has 3 N–H and O–H groups in total. The van der Waals surface area contributed by atoms with E-state index in [4.69, 9.17) is 4.98 Å². The summed E-state index contributed by atoms with van der Waals surface area (Å²) in [6.07, 6.45) is 1.79. The van der Waals surface area contributed by atoms with E-state index in [2.05, 4.69) is 25.8 Å². The van der Waals surface area contributed by atoms with E-state index in [0.29, 0.717) is 5.95 Å². The Labute approximate surface area is 169 Å². The van der Waals surface area contributed by atoms with Gasteiger partial charge >= 0.3 is 0 Å². The summed E-state index contributed by atoms with van der Waals surface area (Å²) < 4.78 is 14.2. The van der Waals surface area contributed by atoms with Crippen molar-refractivity contribution in [2.24, 2.45) is 0 Å². The van der Waals surface area contributed by atoms with Crippen molar-refractivity contribution in [1.82, 2.24) is 20.2 Å². The molecule has 5 aromatic rings. The molecule has 1 unspecified atom stereocenters. The number of anilines is 3. The van der Waals surface area contributed by atoms with Crippen LogP contribution >= 0.6 is 11.3 Å². The Kier molecular flexibility index (Phi) is 4.33. The van der Waals surface area contributed by atoms with E-state index in [-0.39, 0.29) is 11.9 Å². The number of aromatic nitrogens is 4. The summed E-state index contributed by atoms with van der Waals surface area (Å²) in [6.45, 7) is 1.99. The molecule has 0 spiro atoms. The molecule has 3 aromatic heterocycles. The first-order valence-electron chi connectivity index (χ1n) is 9.13. The zero-order valence-corrected chi connectivity index (χ0v) is 16.3. The van der Waals surface area contributed by atoms with Crippen LogP contribution in [0, 0.1) is 5.82 Å². The van der Waals surface area contributed by atoms with E-state index >= 15 is 0 Å². The molecular weight excluding hydrogens is 387 g/mol. The highest BCUT2D eigenvalue weighted by Crippen LogP contribution is 2.31. The van der Waals surface area contributed by atoms with Gasteiger partial charge in [-0.15, -0.1) is 11.3 Å². The maximum absolute atomic E-state index is 13.2. The normalized spacial score (nSPS) is 12.3. The van der Waals surface area contributed by atoms with Crippen LogP contribution in [0.5, 0.6) is 0 Å². The van der Waals surface area contributed by atoms with Gasteiger partial charge in [0.1, 0.15) is 5.82 Å². The quantitative estimate of drug-likeness (QED) is 0.354. The van der Waals surface area contributed by atoms with Crippen LogP contribution in [0.2, 0.25) is 0 Å². The number of hydrogen-bond donors (Lipinski definition) is 3. The molecular formula is C21H17FN6S. The lowest BCUT2D eigenvalue weighted by Gasteiger charge is -2.15. The van der Waals surface area contributed by atoms with E-state index in [1.165, 1.54) is 12.1 Å². The fourth-order valence-electron chi connectivity index (χ4n) is 3.20. The van der Waals surface area contributed by atoms with Crippen LogP contribution in [0.15, 0.2) is 60.1 Å². The van der Waals surface area contributed by atoms with Crippen molar-refractivity contribution in [2.45, 2.75) is 13.0 Å². The molecule has 0 fully saturated rings. The van der Waals surface area contributed by atoms with Gasteiger partial charge in [-0.05, 0) is 54.3 Å². The predicted molar refractivity (Wildman–Crippen MR) is 115 cm³/mol. The monoisotopic (exact) mass is 404 g/mol. The zero-order valence-electron chi connectivity index (χ0n) is 15.5. The predicted octanol–water partition coefficient (Wildman–Crippen LogP) is 5.62. The van der Waals surface area contributed by atoms with Gasteiger partial charge in [0, 0.05) is 11.1 Å². The summed E-state index contributed by atoms with van der Waals surface area (Å²) in [5.74, 6) is 0.999. The summed E-state index contributed by atoms with van der Waals surface area (Å²) >= 11 is 1.59. The van der Waals surface area contributed by atoms with Crippen LogP contribution in [0.4, 0.5) is 21.8 Å². The van der Waals surface area contributed by atoms with Gasteiger partial charge in [-0.2, -0.15) is 10.1 Å². The molecule has 3 heterocycles. The largest absolute Gasteiger partial charge is 0.348 e. The van der Waals surface area contributed by atoms with Crippen LogP contribution in [-0.2, 0) is 0 Å². The van der Waals surface area contributed by atoms with E-state index < -0.39 is 0 Å². The summed E-state index contributed by atoms with van der Waals surface area (Å²) in [5.41, 5.74) is 3.73. The minimum Gasteiger partial charge on any atom is -0.348 e. The number of hydrogen-bond acceptors (Lipinski definition) is 6. The molecule has 0 aliphatic carbocycles. The molecule has 8 heteroatoms. The van der Waals surface area contributed by atoms with Gasteiger partial charge < -0.3 is 10.6 Å². The minimum absolute atomic E-state index is 0.0678. The van der Waals surface area contributed by atoms with Crippen molar-refractivity contribution in [3.8, 4) is 0 Å². The number of rotatable bonds is 5. The molecule has 144 valence electrons. The first-order valence-corrected chi connectivity index (χ1v) is 10.0. The molecule has 0 amide bonds. The SMILES string of the molecule is CC(Nc1nc(Nc2ccc3[nH]ncc3c2)c2sccc2n1)c1ccc(F)cc1. The second kappa shape index (κ2) is 7.14. The molecule has 0 saturated heterocycles. The van der Waals surface area contributed by atoms with Crippen molar-refractivity contribution in [3.05, 3.63) is 71.5 Å². The molecule has 29 heavy (non-hydrogen) atoms. The molecule has 1 atom stereocenters. The summed E-state index contributed by atoms with van der Waals surface area (Å²) in [7, 11) is 0. The standard InChI is InChI=1S/C21H17FN6S/c1-12(13-2-4-15(22)5-3-13)24-21-26-18-8-9-29-19(18)20(27-21)25-16-6-7-17-14(10-16)11-23-28-17/h2-12H,1H3,(H,23,28)(H2,24,25,26,27). The molecule has 0 radical (unpaired) electrons.